The summed E-state index contributed by atoms with van der Waals surface area (Å²) < 4.78 is 13.5. The second kappa shape index (κ2) is 7.04. The number of hydrogen-bond acceptors (Lipinski definition) is 3. The predicted molar refractivity (Wildman–Crippen MR) is 82.8 cm³/mol. The lowest BCUT2D eigenvalue weighted by atomic mass is 10.0. The molecule has 0 radical (unpaired) electrons. The second-order valence-electron chi connectivity index (χ2n) is 5.54. The van der Waals surface area contributed by atoms with Crippen LogP contribution in [-0.2, 0) is 0 Å². The molecule has 20 heavy (non-hydrogen) atoms. The maximum atomic E-state index is 13.5. The molecule has 1 unspecified atom stereocenters. The molecule has 0 bridgehead atoms. The number of hydrogen-bond donors (Lipinski definition) is 1. The van der Waals surface area contributed by atoms with Crippen LogP contribution in [0.15, 0.2) is 18.2 Å². The third-order valence-electron chi connectivity index (χ3n) is 4.14. The van der Waals surface area contributed by atoms with Crippen molar-refractivity contribution < 1.29 is 4.39 Å². The Bertz CT molecular complexity index is 428. The lowest BCUT2D eigenvalue weighted by Crippen LogP contribution is -2.47. The predicted octanol–water partition coefficient (Wildman–Crippen LogP) is 2.64. The van der Waals surface area contributed by atoms with Crippen LogP contribution in [0.3, 0.4) is 0 Å². The molecular weight excluding hydrogens is 253 g/mol. The lowest BCUT2D eigenvalue weighted by molar-refractivity contribution is 0.258. The van der Waals surface area contributed by atoms with Crippen molar-refractivity contribution in [2.24, 2.45) is 0 Å². The van der Waals surface area contributed by atoms with Crippen molar-refractivity contribution in [2.75, 3.05) is 44.7 Å². The fraction of sp³-hybridized carbons (Fsp3) is 0.625. The summed E-state index contributed by atoms with van der Waals surface area (Å²) in [6, 6.07) is 5.32. The number of rotatable bonds is 5. The van der Waals surface area contributed by atoms with Gasteiger partial charge in [0.2, 0.25) is 0 Å². The van der Waals surface area contributed by atoms with E-state index in [0.29, 0.717) is 0 Å². The first-order valence-electron chi connectivity index (χ1n) is 7.59. The molecule has 0 saturated carbocycles. The van der Waals surface area contributed by atoms with Crippen LogP contribution in [0.5, 0.6) is 0 Å². The summed E-state index contributed by atoms with van der Waals surface area (Å²) in [6.07, 6.45) is 1.21. The van der Waals surface area contributed by atoms with Crippen LogP contribution in [0, 0.1) is 5.82 Å². The molecule has 0 spiro atoms. The largest absolute Gasteiger partial charge is 0.369 e. The molecule has 1 aromatic carbocycles. The van der Waals surface area contributed by atoms with Crippen molar-refractivity contribution in [3.05, 3.63) is 29.6 Å². The highest BCUT2D eigenvalue weighted by atomic mass is 19.1. The van der Waals surface area contributed by atoms with Gasteiger partial charge in [-0.2, -0.15) is 0 Å². The van der Waals surface area contributed by atoms with E-state index in [9.17, 15) is 4.39 Å². The summed E-state index contributed by atoms with van der Waals surface area (Å²) in [5.74, 6) is -0.157. The molecule has 2 rings (SSSR count). The average molecular weight is 279 g/mol. The smallest absolute Gasteiger partial charge is 0.123 e. The van der Waals surface area contributed by atoms with E-state index in [0.717, 1.165) is 31.7 Å². The van der Waals surface area contributed by atoms with Crippen LogP contribution in [0.4, 0.5) is 10.1 Å². The van der Waals surface area contributed by atoms with E-state index in [1.165, 1.54) is 18.7 Å². The summed E-state index contributed by atoms with van der Waals surface area (Å²) in [7, 11) is 1.92. The zero-order chi connectivity index (χ0) is 14.5. The molecule has 0 aromatic heterocycles. The van der Waals surface area contributed by atoms with Crippen LogP contribution in [0.2, 0.25) is 0 Å². The molecule has 1 aliphatic rings. The number of benzene rings is 1. The van der Waals surface area contributed by atoms with E-state index in [1.807, 2.05) is 13.1 Å². The van der Waals surface area contributed by atoms with Crippen molar-refractivity contribution in [1.82, 2.24) is 10.2 Å². The summed E-state index contributed by atoms with van der Waals surface area (Å²) in [5.41, 5.74) is 2.22. The monoisotopic (exact) mass is 279 g/mol. The molecule has 1 saturated heterocycles. The Balaban J connectivity index is 2.13. The van der Waals surface area contributed by atoms with Gasteiger partial charge in [0.05, 0.1) is 0 Å². The van der Waals surface area contributed by atoms with E-state index in [4.69, 9.17) is 0 Å². The van der Waals surface area contributed by atoms with Gasteiger partial charge in [0.1, 0.15) is 5.82 Å². The van der Waals surface area contributed by atoms with Crippen LogP contribution >= 0.6 is 0 Å². The summed E-state index contributed by atoms with van der Waals surface area (Å²) >= 11 is 0. The van der Waals surface area contributed by atoms with E-state index >= 15 is 0 Å². The minimum Gasteiger partial charge on any atom is -0.369 e. The normalized spacial score (nSPS) is 18.3. The van der Waals surface area contributed by atoms with Gasteiger partial charge in [0.25, 0.3) is 0 Å². The van der Waals surface area contributed by atoms with E-state index in [1.54, 1.807) is 12.1 Å². The number of piperazine rings is 1. The van der Waals surface area contributed by atoms with Gasteiger partial charge >= 0.3 is 0 Å². The molecule has 1 N–H and O–H groups in total. The van der Waals surface area contributed by atoms with Gasteiger partial charge in [-0.25, -0.2) is 4.39 Å². The first kappa shape index (κ1) is 15.3. The minimum absolute atomic E-state index is 0.157. The topological polar surface area (TPSA) is 18.5 Å². The zero-order valence-electron chi connectivity index (χ0n) is 12.8. The van der Waals surface area contributed by atoms with Crippen LogP contribution in [-0.4, -0.2) is 44.7 Å². The van der Waals surface area contributed by atoms with Gasteiger partial charge in [0, 0.05) is 37.9 Å². The van der Waals surface area contributed by atoms with Gasteiger partial charge in [-0.1, -0.05) is 6.92 Å². The third kappa shape index (κ3) is 3.49. The van der Waals surface area contributed by atoms with Gasteiger partial charge < -0.3 is 10.2 Å². The fourth-order valence-corrected chi connectivity index (χ4v) is 2.84. The van der Waals surface area contributed by atoms with Crippen LogP contribution < -0.4 is 10.2 Å². The van der Waals surface area contributed by atoms with Gasteiger partial charge in [0.15, 0.2) is 0 Å². The summed E-state index contributed by atoms with van der Waals surface area (Å²) in [5, 5.41) is 3.21. The van der Waals surface area contributed by atoms with Crippen LogP contribution in [0.1, 0.15) is 31.9 Å². The summed E-state index contributed by atoms with van der Waals surface area (Å²) in [4.78, 5) is 4.88. The minimum atomic E-state index is -0.157. The molecule has 1 aliphatic heterocycles. The molecule has 1 fully saturated rings. The van der Waals surface area contributed by atoms with E-state index in [-0.39, 0.29) is 11.9 Å². The third-order valence-corrected chi connectivity index (χ3v) is 4.14. The van der Waals surface area contributed by atoms with Gasteiger partial charge in [-0.15, -0.1) is 0 Å². The molecular formula is C16H26FN3. The quantitative estimate of drug-likeness (QED) is 0.894. The molecule has 1 atom stereocenters. The maximum absolute atomic E-state index is 13.5. The zero-order valence-corrected chi connectivity index (χ0v) is 12.8. The second-order valence-corrected chi connectivity index (χ2v) is 5.54. The lowest BCUT2D eigenvalue weighted by Gasteiger charge is -2.37. The Labute approximate surface area is 121 Å². The van der Waals surface area contributed by atoms with Gasteiger partial charge in [-0.05, 0) is 50.7 Å². The first-order chi connectivity index (χ1) is 9.65. The van der Waals surface area contributed by atoms with Crippen molar-refractivity contribution in [1.29, 1.82) is 0 Å². The standard InChI is InChI=1S/C16H26FN3/c1-4-7-19-8-10-20(11-9-19)16-6-5-14(17)12-15(16)13(2)18-3/h5-6,12-13,18H,4,7-11H2,1-3H3. The summed E-state index contributed by atoms with van der Waals surface area (Å²) in [6.45, 7) is 9.71. The van der Waals surface area contributed by atoms with E-state index in [2.05, 4.69) is 29.0 Å². The Morgan fingerprint density at radius 2 is 1.95 bits per heavy atom. The fourth-order valence-electron chi connectivity index (χ4n) is 2.84. The van der Waals surface area contributed by atoms with Gasteiger partial charge in [-0.3, -0.25) is 4.90 Å². The molecule has 1 heterocycles. The molecule has 3 nitrogen and oxygen atoms in total. The molecule has 0 amide bonds. The van der Waals surface area contributed by atoms with Crippen molar-refractivity contribution in [3.63, 3.8) is 0 Å². The molecule has 112 valence electrons. The average Bonchev–Trinajstić information content (AvgIpc) is 2.47. The first-order valence-corrected chi connectivity index (χ1v) is 7.59. The van der Waals surface area contributed by atoms with Crippen molar-refractivity contribution >= 4 is 5.69 Å². The maximum Gasteiger partial charge on any atom is 0.123 e. The molecule has 4 heteroatoms. The Kier molecular flexibility index (Phi) is 5.38. The number of anilines is 1. The highest BCUT2D eigenvalue weighted by Crippen LogP contribution is 2.28. The van der Waals surface area contributed by atoms with Crippen molar-refractivity contribution in [2.45, 2.75) is 26.3 Å². The van der Waals surface area contributed by atoms with E-state index < -0.39 is 0 Å². The number of nitrogens with one attached hydrogen (secondary N) is 1. The SMILES string of the molecule is CCCN1CCN(c2ccc(F)cc2C(C)NC)CC1. The number of nitrogens with zero attached hydrogens (tertiary/aromatic N) is 2. The van der Waals surface area contributed by atoms with Crippen LogP contribution in [0.25, 0.3) is 0 Å². The molecule has 0 aliphatic carbocycles. The molecule has 1 aromatic rings. The van der Waals surface area contributed by atoms with Crippen molar-refractivity contribution in [3.8, 4) is 0 Å². The Hall–Kier alpha value is -1.13. The Morgan fingerprint density at radius 1 is 1.25 bits per heavy atom. The number of halogens is 1. The highest BCUT2D eigenvalue weighted by molar-refractivity contribution is 5.55. The highest BCUT2D eigenvalue weighted by Gasteiger charge is 2.20. The Morgan fingerprint density at radius 3 is 2.55 bits per heavy atom.